The fraction of sp³-hybridized carbons (Fsp3) is 0.444. The zero-order chi connectivity index (χ0) is 23.7. The Balaban J connectivity index is 2.52. The standard InChI is InChI=1S/C18H20BrF3N4O4S/c1-6-7-30-17(29)9-8(2)12(16(28)25(3)4)31-15(9)23-14(27)11-10(19)13(18(20,21)22)24-26(11)5/h6-7H2,1-5H3,(H,23,27). The Hall–Kier alpha value is -2.41. The molecule has 13 heteroatoms. The van der Waals surface area contributed by atoms with Gasteiger partial charge in [-0.1, -0.05) is 6.92 Å². The molecule has 1 N–H and O–H groups in total. The Morgan fingerprint density at radius 2 is 1.90 bits per heavy atom. The van der Waals surface area contributed by atoms with Crippen LogP contribution in [0.3, 0.4) is 0 Å². The monoisotopic (exact) mass is 524 g/mol. The number of hydrogen-bond donors (Lipinski definition) is 1. The van der Waals surface area contributed by atoms with Crippen LogP contribution in [0.5, 0.6) is 0 Å². The van der Waals surface area contributed by atoms with E-state index in [0.29, 0.717) is 12.0 Å². The number of alkyl halides is 3. The molecule has 0 unspecified atom stereocenters. The molecule has 0 aliphatic heterocycles. The number of rotatable bonds is 6. The van der Waals surface area contributed by atoms with Crippen LogP contribution in [0.25, 0.3) is 0 Å². The number of halogens is 4. The van der Waals surface area contributed by atoms with Gasteiger partial charge in [0.15, 0.2) is 5.69 Å². The van der Waals surface area contributed by atoms with Crippen molar-refractivity contribution in [3.8, 4) is 0 Å². The molecule has 2 amide bonds. The van der Waals surface area contributed by atoms with E-state index in [-0.39, 0.29) is 22.0 Å². The SMILES string of the molecule is CCCOC(=O)c1c(NC(=O)c2c(Br)c(C(F)(F)F)nn2C)sc(C(=O)N(C)C)c1C. The summed E-state index contributed by atoms with van der Waals surface area (Å²) in [6.07, 6.45) is -4.21. The zero-order valence-corrected chi connectivity index (χ0v) is 19.7. The second kappa shape index (κ2) is 9.39. The van der Waals surface area contributed by atoms with Gasteiger partial charge in [0.05, 0.1) is 21.5 Å². The van der Waals surface area contributed by atoms with Crippen molar-refractivity contribution in [2.24, 2.45) is 7.05 Å². The number of ether oxygens (including phenoxy) is 1. The highest BCUT2D eigenvalue weighted by molar-refractivity contribution is 9.10. The van der Waals surface area contributed by atoms with E-state index in [9.17, 15) is 27.6 Å². The third-order valence-corrected chi connectivity index (χ3v) is 6.04. The van der Waals surface area contributed by atoms with E-state index in [2.05, 4.69) is 26.3 Å². The van der Waals surface area contributed by atoms with Crippen LogP contribution in [-0.2, 0) is 18.0 Å². The average Bonchev–Trinajstić information content (AvgIpc) is 3.14. The number of aryl methyl sites for hydroxylation is 1. The lowest BCUT2D eigenvalue weighted by molar-refractivity contribution is -0.142. The van der Waals surface area contributed by atoms with Gasteiger partial charge in [-0.15, -0.1) is 11.3 Å². The minimum absolute atomic E-state index is 0.00420. The smallest absolute Gasteiger partial charge is 0.436 e. The van der Waals surface area contributed by atoms with Crippen molar-refractivity contribution in [2.45, 2.75) is 26.4 Å². The number of nitrogens with one attached hydrogen (secondary N) is 1. The van der Waals surface area contributed by atoms with Crippen molar-refractivity contribution >= 4 is 50.1 Å². The maximum absolute atomic E-state index is 13.1. The molecule has 2 aromatic heterocycles. The van der Waals surface area contributed by atoms with Crippen molar-refractivity contribution in [2.75, 3.05) is 26.0 Å². The van der Waals surface area contributed by atoms with Crippen molar-refractivity contribution in [1.29, 1.82) is 0 Å². The second-order valence-electron chi connectivity index (χ2n) is 6.68. The van der Waals surface area contributed by atoms with Crippen molar-refractivity contribution in [3.05, 3.63) is 31.9 Å². The number of amides is 2. The van der Waals surface area contributed by atoms with E-state index in [1.54, 1.807) is 6.92 Å². The lowest BCUT2D eigenvalue weighted by atomic mass is 10.1. The van der Waals surface area contributed by atoms with Gasteiger partial charge in [-0.25, -0.2) is 4.79 Å². The molecule has 0 bridgehead atoms. The van der Waals surface area contributed by atoms with Crippen LogP contribution in [0, 0.1) is 6.92 Å². The molecular weight excluding hydrogens is 505 g/mol. The van der Waals surface area contributed by atoms with Gasteiger partial charge in [-0.3, -0.25) is 14.3 Å². The first kappa shape index (κ1) is 24.9. The molecule has 0 fully saturated rings. The Kier molecular flexibility index (Phi) is 7.53. The predicted molar refractivity (Wildman–Crippen MR) is 112 cm³/mol. The molecule has 0 saturated heterocycles. The Morgan fingerprint density at radius 1 is 1.29 bits per heavy atom. The van der Waals surface area contributed by atoms with Crippen LogP contribution in [0.4, 0.5) is 18.2 Å². The highest BCUT2D eigenvalue weighted by atomic mass is 79.9. The molecule has 0 atom stereocenters. The van der Waals surface area contributed by atoms with Crippen LogP contribution in [0.15, 0.2) is 4.47 Å². The molecule has 0 radical (unpaired) electrons. The molecule has 0 aliphatic carbocycles. The Labute approximate surface area is 188 Å². The molecule has 2 heterocycles. The molecule has 0 aromatic carbocycles. The minimum atomic E-state index is -4.77. The third-order valence-electron chi connectivity index (χ3n) is 4.09. The number of hydrogen-bond acceptors (Lipinski definition) is 6. The zero-order valence-electron chi connectivity index (χ0n) is 17.3. The van der Waals surface area contributed by atoms with E-state index in [4.69, 9.17) is 4.74 Å². The van der Waals surface area contributed by atoms with E-state index in [0.717, 1.165) is 16.0 Å². The molecule has 2 aromatic rings. The number of anilines is 1. The number of thiophene rings is 1. The van der Waals surface area contributed by atoms with Gasteiger partial charge in [0.2, 0.25) is 0 Å². The van der Waals surface area contributed by atoms with Gasteiger partial charge in [0.1, 0.15) is 10.7 Å². The molecule has 2 rings (SSSR count). The van der Waals surface area contributed by atoms with Crippen molar-refractivity contribution in [1.82, 2.24) is 14.7 Å². The fourth-order valence-corrected chi connectivity index (χ4v) is 4.56. The summed E-state index contributed by atoms with van der Waals surface area (Å²) in [4.78, 5) is 39.3. The van der Waals surface area contributed by atoms with Crippen molar-refractivity contribution < 1.29 is 32.3 Å². The van der Waals surface area contributed by atoms with Crippen LogP contribution in [-0.4, -0.2) is 53.2 Å². The highest BCUT2D eigenvalue weighted by Gasteiger charge is 2.39. The first-order chi connectivity index (χ1) is 14.3. The first-order valence-corrected chi connectivity index (χ1v) is 10.5. The Bertz CT molecular complexity index is 1030. The predicted octanol–water partition coefficient (Wildman–Crippen LogP) is 4.09. The summed E-state index contributed by atoms with van der Waals surface area (Å²) in [5, 5.41) is 5.78. The van der Waals surface area contributed by atoms with E-state index >= 15 is 0 Å². The summed E-state index contributed by atoms with van der Waals surface area (Å²) < 4.78 is 44.7. The highest BCUT2D eigenvalue weighted by Crippen LogP contribution is 2.38. The molecule has 0 saturated carbocycles. The summed E-state index contributed by atoms with van der Waals surface area (Å²) in [6.45, 7) is 3.46. The van der Waals surface area contributed by atoms with Crippen molar-refractivity contribution in [3.63, 3.8) is 0 Å². The fourth-order valence-electron chi connectivity index (χ4n) is 2.61. The number of nitrogens with zero attached hydrogens (tertiary/aromatic N) is 3. The number of carbonyl (C=O) groups excluding carboxylic acids is 3. The van der Waals surface area contributed by atoms with E-state index < -0.39 is 39.8 Å². The summed E-state index contributed by atoms with van der Waals surface area (Å²) in [5.41, 5.74) is -1.37. The summed E-state index contributed by atoms with van der Waals surface area (Å²) in [7, 11) is 4.24. The molecule has 0 spiro atoms. The van der Waals surface area contributed by atoms with Gasteiger partial charge in [0, 0.05) is 21.1 Å². The topological polar surface area (TPSA) is 93.5 Å². The van der Waals surface area contributed by atoms with Gasteiger partial charge in [-0.2, -0.15) is 18.3 Å². The van der Waals surface area contributed by atoms with Gasteiger partial charge in [0.25, 0.3) is 11.8 Å². The lowest BCUT2D eigenvalue weighted by Gasteiger charge is -2.09. The minimum Gasteiger partial charge on any atom is -0.462 e. The Morgan fingerprint density at radius 3 is 2.39 bits per heavy atom. The lowest BCUT2D eigenvalue weighted by Crippen LogP contribution is -2.21. The molecule has 170 valence electrons. The molecule has 31 heavy (non-hydrogen) atoms. The normalized spacial score (nSPS) is 11.4. The van der Waals surface area contributed by atoms with E-state index in [1.807, 2.05) is 0 Å². The quantitative estimate of drug-likeness (QED) is 0.574. The number of carbonyl (C=O) groups is 3. The van der Waals surface area contributed by atoms with Crippen LogP contribution < -0.4 is 5.32 Å². The largest absolute Gasteiger partial charge is 0.462 e. The average molecular weight is 525 g/mol. The first-order valence-electron chi connectivity index (χ1n) is 8.94. The molecule has 0 aliphatic rings. The molecular formula is C18H20BrF3N4O4S. The summed E-state index contributed by atoms with van der Waals surface area (Å²) in [6, 6.07) is 0. The number of aromatic nitrogens is 2. The van der Waals surface area contributed by atoms with Gasteiger partial charge < -0.3 is 15.0 Å². The second-order valence-corrected chi connectivity index (χ2v) is 8.50. The van der Waals surface area contributed by atoms with E-state index in [1.165, 1.54) is 33.0 Å². The summed E-state index contributed by atoms with van der Waals surface area (Å²) in [5.74, 6) is -2.08. The third kappa shape index (κ3) is 5.09. The maximum Gasteiger partial charge on any atom is 0.436 e. The summed E-state index contributed by atoms with van der Waals surface area (Å²) >= 11 is 3.62. The number of esters is 1. The maximum atomic E-state index is 13.1. The molecule has 8 nitrogen and oxygen atoms in total. The van der Waals surface area contributed by atoms with Crippen LogP contribution in [0.2, 0.25) is 0 Å². The van der Waals surface area contributed by atoms with Crippen LogP contribution >= 0.6 is 27.3 Å². The van der Waals surface area contributed by atoms with Gasteiger partial charge >= 0.3 is 12.1 Å². The van der Waals surface area contributed by atoms with Gasteiger partial charge in [-0.05, 0) is 34.8 Å². The van der Waals surface area contributed by atoms with Crippen LogP contribution in [0.1, 0.15) is 55.1 Å².